The maximum Gasteiger partial charge on any atom is 0.522 e. The number of rotatable bonds is 6. The van der Waals surface area contributed by atoms with E-state index in [0.29, 0.717) is 6.54 Å². The van der Waals surface area contributed by atoms with Gasteiger partial charge < -0.3 is 5.32 Å². The zero-order chi connectivity index (χ0) is 12.9. The maximum atomic E-state index is 11.7. The Morgan fingerprint density at radius 2 is 2.06 bits per heavy atom. The summed E-state index contributed by atoms with van der Waals surface area (Å²) in [5, 5.41) is 4.96. The summed E-state index contributed by atoms with van der Waals surface area (Å²) in [5.41, 5.74) is -0.0770. The molecule has 0 bridgehead atoms. The number of halogens is 3. The van der Waals surface area contributed by atoms with Crippen LogP contribution in [0.1, 0.15) is 18.7 Å². The lowest BCUT2D eigenvalue weighted by atomic mass is 9.91. The fourth-order valence-electron chi connectivity index (χ4n) is 1.39. The van der Waals surface area contributed by atoms with E-state index in [-0.39, 0.29) is 18.6 Å². The first kappa shape index (κ1) is 14.5. The predicted octanol–water partition coefficient (Wildman–Crippen LogP) is 3.15. The van der Waals surface area contributed by atoms with Crippen LogP contribution < -0.4 is 5.32 Å². The molecule has 1 heterocycles. The SMILES string of the molecule is CC(C)(CNCCOC(F)(F)F)c1cccs1. The van der Waals surface area contributed by atoms with Gasteiger partial charge in [0.15, 0.2) is 0 Å². The first-order chi connectivity index (χ1) is 7.81. The van der Waals surface area contributed by atoms with E-state index in [4.69, 9.17) is 0 Å². The lowest BCUT2D eigenvalue weighted by Crippen LogP contribution is -2.34. The standard InChI is InChI=1S/C11H16F3NOS/c1-10(2,9-4-3-7-17-9)8-15-5-6-16-11(12,13)14/h3-4,7,15H,5-6,8H2,1-2H3. The van der Waals surface area contributed by atoms with Crippen LogP contribution >= 0.6 is 11.3 Å². The van der Waals surface area contributed by atoms with Gasteiger partial charge in [0, 0.05) is 23.4 Å². The molecule has 1 aromatic heterocycles. The first-order valence-electron chi connectivity index (χ1n) is 5.27. The van der Waals surface area contributed by atoms with Gasteiger partial charge in [-0.3, -0.25) is 4.74 Å². The fourth-order valence-corrected chi connectivity index (χ4v) is 2.24. The van der Waals surface area contributed by atoms with Crippen LogP contribution in [-0.4, -0.2) is 26.1 Å². The smallest absolute Gasteiger partial charge is 0.314 e. The average Bonchev–Trinajstić information content (AvgIpc) is 2.68. The third-order valence-electron chi connectivity index (χ3n) is 2.30. The van der Waals surface area contributed by atoms with Gasteiger partial charge in [0.25, 0.3) is 0 Å². The molecule has 0 saturated heterocycles. The van der Waals surface area contributed by atoms with Gasteiger partial charge in [0.1, 0.15) is 0 Å². The van der Waals surface area contributed by atoms with Crippen LogP contribution in [0.5, 0.6) is 0 Å². The van der Waals surface area contributed by atoms with E-state index in [2.05, 4.69) is 23.9 Å². The molecule has 1 aromatic rings. The van der Waals surface area contributed by atoms with Crippen molar-refractivity contribution in [2.45, 2.75) is 25.6 Å². The fraction of sp³-hybridized carbons (Fsp3) is 0.636. The van der Waals surface area contributed by atoms with E-state index in [1.165, 1.54) is 4.88 Å². The monoisotopic (exact) mass is 267 g/mol. The third-order valence-corrected chi connectivity index (χ3v) is 3.54. The van der Waals surface area contributed by atoms with Crippen molar-refractivity contribution >= 4 is 11.3 Å². The summed E-state index contributed by atoms with van der Waals surface area (Å²) in [6.07, 6.45) is -4.54. The molecule has 0 unspecified atom stereocenters. The molecular weight excluding hydrogens is 251 g/mol. The van der Waals surface area contributed by atoms with Crippen molar-refractivity contribution in [3.8, 4) is 0 Å². The molecule has 0 fully saturated rings. The van der Waals surface area contributed by atoms with Crippen LogP contribution in [0.15, 0.2) is 17.5 Å². The lowest BCUT2D eigenvalue weighted by Gasteiger charge is -2.23. The molecule has 0 spiro atoms. The molecular formula is C11H16F3NOS. The molecule has 0 radical (unpaired) electrons. The van der Waals surface area contributed by atoms with Gasteiger partial charge in [0.2, 0.25) is 0 Å². The quantitative estimate of drug-likeness (QED) is 0.799. The minimum atomic E-state index is -4.54. The highest BCUT2D eigenvalue weighted by Crippen LogP contribution is 2.26. The van der Waals surface area contributed by atoms with E-state index >= 15 is 0 Å². The Labute approximate surface area is 103 Å². The Morgan fingerprint density at radius 3 is 2.59 bits per heavy atom. The van der Waals surface area contributed by atoms with Crippen LogP contribution in [0.25, 0.3) is 0 Å². The highest BCUT2D eigenvalue weighted by Gasteiger charge is 2.28. The van der Waals surface area contributed by atoms with Gasteiger partial charge in [-0.2, -0.15) is 0 Å². The van der Waals surface area contributed by atoms with Crippen LogP contribution in [0.3, 0.4) is 0 Å². The van der Waals surface area contributed by atoms with Gasteiger partial charge in [-0.05, 0) is 11.4 Å². The van der Waals surface area contributed by atoms with Crippen molar-refractivity contribution < 1.29 is 17.9 Å². The Bertz CT molecular complexity index is 322. The summed E-state index contributed by atoms with van der Waals surface area (Å²) < 4.78 is 38.8. The lowest BCUT2D eigenvalue weighted by molar-refractivity contribution is -0.323. The van der Waals surface area contributed by atoms with E-state index in [9.17, 15) is 13.2 Å². The second-order valence-corrected chi connectivity index (χ2v) is 5.28. The van der Waals surface area contributed by atoms with E-state index < -0.39 is 6.36 Å². The summed E-state index contributed by atoms with van der Waals surface area (Å²) in [6.45, 7) is 4.56. The van der Waals surface area contributed by atoms with Crippen LogP contribution in [0.4, 0.5) is 13.2 Å². The molecule has 0 aliphatic rings. The number of hydrogen-bond donors (Lipinski definition) is 1. The van der Waals surface area contributed by atoms with Crippen molar-refractivity contribution in [1.82, 2.24) is 5.32 Å². The van der Waals surface area contributed by atoms with Crippen LogP contribution in [0.2, 0.25) is 0 Å². The summed E-state index contributed by atoms with van der Waals surface area (Å²) in [7, 11) is 0. The highest BCUT2D eigenvalue weighted by molar-refractivity contribution is 7.10. The molecule has 0 atom stereocenters. The molecule has 98 valence electrons. The third kappa shape index (κ3) is 5.52. The Balaban J connectivity index is 2.23. The molecule has 0 amide bonds. The van der Waals surface area contributed by atoms with Crippen molar-refractivity contribution in [3.05, 3.63) is 22.4 Å². The zero-order valence-electron chi connectivity index (χ0n) is 9.80. The molecule has 6 heteroatoms. The van der Waals surface area contributed by atoms with Gasteiger partial charge in [-0.15, -0.1) is 24.5 Å². The minimum absolute atomic E-state index is 0.0770. The number of alkyl halides is 3. The molecule has 1 N–H and O–H groups in total. The van der Waals surface area contributed by atoms with Gasteiger partial charge in [0.05, 0.1) is 6.61 Å². The van der Waals surface area contributed by atoms with E-state index in [1.54, 1.807) is 11.3 Å². The number of hydrogen-bond acceptors (Lipinski definition) is 3. The molecule has 1 rings (SSSR count). The highest BCUT2D eigenvalue weighted by atomic mass is 32.1. The van der Waals surface area contributed by atoms with Crippen LogP contribution in [-0.2, 0) is 10.2 Å². The molecule has 0 aliphatic carbocycles. The van der Waals surface area contributed by atoms with Crippen LogP contribution in [0, 0.1) is 0 Å². The summed E-state index contributed by atoms with van der Waals surface area (Å²) in [4.78, 5) is 1.21. The first-order valence-corrected chi connectivity index (χ1v) is 6.15. The Hall–Kier alpha value is -0.590. The van der Waals surface area contributed by atoms with Crippen molar-refractivity contribution in [3.63, 3.8) is 0 Å². The summed E-state index contributed by atoms with van der Waals surface area (Å²) in [6, 6.07) is 3.99. The molecule has 0 aliphatic heterocycles. The number of thiophene rings is 1. The Morgan fingerprint density at radius 1 is 1.35 bits per heavy atom. The summed E-state index contributed by atoms with van der Waals surface area (Å²) >= 11 is 1.65. The molecule has 17 heavy (non-hydrogen) atoms. The molecule has 2 nitrogen and oxygen atoms in total. The number of ether oxygens (including phenoxy) is 1. The second kappa shape index (κ2) is 5.84. The van der Waals surface area contributed by atoms with E-state index in [0.717, 1.165) is 0 Å². The van der Waals surface area contributed by atoms with Gasteiger partial charge in [-0.25, -0.2) is 0 Å². The molecule has 0 saturated carbocycles. The topological polar surface area (TPSA) is 21.3 Å². The van der Waals surface area contributed by atoms with Gasteiger partial charge in [-0.1, -0.05) is 19.9 Å². The predicted molar refractivity (Wildman–Crippen MR) is 62.2 cm³/mol. The second-order valence-electron chi connectivity index (χ2n) is 4.33. The Kier molecular flexibility index (Phi) is 4.97. The zero-order valence-corrected chi connectivity index (χ0v) is 10.6. The maximum absolute atomic E-state index is 11.7. The van der Waals surface area contributed by atoms with E-state index in [1.807, 2.05) is 17.5 Å². The normalized spacial score (nSPS) is 13.0. The minimum Gasteiger partial charge on any atom is -0.314 e. The number of nitrogens with one attached hydrogen (secondary N) is 1. The molecule has 0 aromatic carbocycles. The summed E-state index contributed by atoms with van der Waals surface area (Å²) in [5.74, 6) is 0. The van der Waals surface area contributed by atoms with Crippen molar-refractivity contribution in [1.29, 1.82) is 0 Å². The van der Waals surface area contributed by atoms with Crippen molar-refractivity contribution in [2.24, 2.45) is 0 Å². The van der Waals surface area contributed by atoms with Gasteiger partial charge >= 0.3 is 6.36 Å². The largest absolute Gasteiger partial charge is 0.522 e. The average molecular weight is 267 g/mol. The van der Waals surface area contributed by atoms with Crippen molar-refractivity contribution in [2.75, 3.05) is 19.7 Å².